The van der Waals surface area contributed by atoms with E-state index in [-0.39, 0.29) is 0 Å². The van der Waals surface area contributed by atoms with Gasteiger partial charge in [0.25, 0.3) is 0 Å². The lowest BCUT2D eigenvalue weighted by atomic mass is 10.2. The summed E-state index contributed by atoms with van der Waals surface area (Å²) >= 11 is 1.91. The molecule has 0 saturated carbocycles. The Labute approximate surface area is 94.9 Å². The first-order valence-electron chi connectivity index (χ1n) is 5.19. The van der Waals surface area contributed by atoms with Crippen molar-refractivity contribution in [2.24, 2.45) is 0 Å². The topological polar surface area (TPSA) is 27.0 Å². The zero-order chi connectivity index (χ0) is 10.7. The van der Waals surface area contributed by atoms with Gasteiger partial charge in [-0.05, 0) is 18.6 Å². The molecule has 0 aliphatic carbocycles. The molecule has 0 amide bonds. The van der Waals surface area contributed by atoms with Crippen LogP contribution in [-0.2, 0) is 0 Å². The van der Waals surface area contributed by atoms with Gasteiger partial charge in [-0.15, -0.1) is 11.8 Å². The van der Waals surface area contributed by atoms with Crippen LogP contribution in [0.1, 0.15) is 13.3 Å². The number of hydrogen-bond donors (Lipinski definition) is 0. The van der Waals surface area contributed by atoms with Gasteiger partial charge in [-0.3, -0.25) is 0 Å². The van der Waals surface area contributed by atoms with Crippen LogP contribution in [-0.4, -0.2) is 18.3 Å². The standard InChI is InChI=1S/C12H14N2S/c1-10-6-8-14(9-7-13)11-4-2-3-5-12(11)15-10/h2-5,10H,6,8-9H2,1H3. The predicted molar refractivity (Wildman–Crippen MR) is 64.2 cm³/mol. The van der Waals surface area contributed by atoms with Gasteiger partial charge in [-0.25, -0.2) is 0 Å². The fourth-order valence-electron chi connectivity index (χ4n) is 1.80. The van der Waals surface area contributed by atoms with Crippen LogP contribution < -0.4 is 4.90 Å². The first-order valence-corrected chi connectivity index (χ1v) is 6.07. The largest absolute Gasteiger partial charge is 0.357 e. The molecule has 1 unspecified atom stereocenters. The minimum atomic E-state index is 0.490. The molecular formula is C12H14N2S. The highest BCUT2D eigenvalue weighted by Crippen LogP contribution is 2.36. The lowest BCUT2D eigenvalue weighted by molar-refractivity contribution is 0.766. The normalized spacial score (nSPS) is 20.3. The number of rotatable bonds is 1. The van der Waals surface area contributed by atoms with Crippen LogP contribution in [0.15, 0.2) is 29.2 Å². The molecule has 1 aliphatic heterocycles. The molecule has 78 valence electrons. The van der Waals surface area contributed by atoms with Crippen LogP contribution in [0.2, 0.25) is 0 Å². The third kappa shape index (κ3) is 2.27. The third-order valence-electron chi connectivity index (χ3n) is 2.60. The zero-order valence-electron chi connectivity index (χ0n) is 8.81. The summed E-state index contributed by atoms with van der Waals surface area (Å²) in [5, 5.41) is 9.44. The molecule has 2 rings (SSSR count). The first kappa shape index (κ1) is 10.4. The maximum absolute atomic E-state index is 8.80. The maximum Gasteiger partial charge on any atom is 0.105 e. The third-order valence-corrected chi connectivity index (χ3v) is 3.84. The Kier molecular flexibility index (Phi) is 3.17. The van der Waals surface area contributed by atoms with Crippen LogP contribution in [0, 0.1) is 11.3 Å². The average Bonchev–Trinajstić information content (AvgIpc) is 2.39. The second-order valence-corrected chi connectivity index (χ2v) is 5.24. The van der Waals surface area contributed by atoms with Crippen molar-refractivity contribution < 1.29 is 0 Å². The van der Waals surface area contributed by atoms with E-state index in [1.165, 1.54) is 10.6 Å². The molecule has 0 radical (unpaired) electrons. The smallest absolute Gasteiger partial charge is 0.105 e. The van der Waals surface area contributed by atoms with E-state index in [1.807, 2.05) is 17.8 Å². The molecule has 1 heterocycles. The van der Waals surface area contributed by atoms with E-state index < -0.39 is 0 Å². The molecule has 15 heavy (non-hydrogen) atoms. The number of anilines is 1. The van der Waals surface area contributed by atoms with Crippen molar-refractivity contribution in [2.45, 2.75) is 23.5 Å². The van der Waals surface area contributed by atoms with Crippen molar-refractivity contribution in [2.75, 3.05) is 18.0 Å². The van der Waals surface area contributed by atoms with Crippen LogP contribution in [0.5, 0.6) is 0 Å². The molecule has 2 nitrogen and oxygen atoms in total. The first-order chi connectivity index (χ1) is 7.31. The van der Waals surface area contributed by atoms with E-state index in [9.17, 15) is 0 Å². The maximum atomic E-state index is 8.80. The van der Waals surface area contributed by atoms with Gasteiger partial charge in [0.1, 0.15) is 6.54 Å². The van der Waals surface area contributed by atoms with Gasteiger partial charge in [-0.2, -0.15) is 5.26 Å². The SMILES string of the molecule is CC1CCN(CC#N)c2ccccc2S1. The number of thioether (sulfide) groups is 1. The number of benzene rings is 1. The van der Waals surface area contributed by atoms with Gasteiger partial charge in [0.05, 0.1) is 11.8 Å². The Morgan fingerprint density at radius 2 is 2.33 bits per heavy atom. The quantitative estimate of drug-likeness (QED) is 0.678. The molecular weight excluding hydrogens is 204 g/mol. The number of nitriles is 1. The van der Waals surface area contributed by atoms with Gasteiger partial charge in [0.15, 0.2) is 0 Å². The Morgan fingerprint density at radius 1 is 1.53 bits per heavy atom. The van der Waals surface area contributed by atoms with Crippen LogP contribution in [0.25, 0.3) is 0 Å². The second-order valence-electron chi connectivity index (χ2n) is 3.76. The van der Waals surface area contributed by atoms with E-state index >= 15 is 0 Å². The molecule has 0 aromatic heterocycles. The fourth-order valence-corrected chi connectivity index (χ4v) is 2.93. The summed E-state index contributed by atoms with van der Waals surface area (Å²) in [7, 11) is 0. The van der Waals surface area contributed by atoms with Gasteiger partial charge in [-0.1, -0.05) is 19.1 Å². The van der Waals surface area contributed by atoms with Gasteiger partial charge in [0, 0.05) is 16.7 Å². The summed E-state index contributed by atoms with van der Waals surface area (Å²) in [5.74, 6) is 0. The lowest BCUT2D eigenvalue weighted by Crippen LogP contribution is -2.25. The summed E-state index contributed by atoms with van der Waals surface area (Å²) in [4.78, 5) is 3.48. The second kappa shape index (κ2) is 4.59. The van der Waals surface area contributed by atoms with E-state index in [0.717, 1.165) is 13.0 Å². The number of hydrogen-bond acceptors (Lipinski definition) is 3. The molecule has 0 spiro atoms. The molecule has 3 heteroatoms. The van der Waals surface area contributed by atoms with Gasteiger partial charge < -0.3 is 4.90 Å². The summed E-state index contributed by atoms with van der Waals surface area (Å²) in [6.07, 6.45) is 1.14. The number of para-hydroxylation sites is 1. The van der Waals surface area contributed by atoms with E-state index in [4.69, 9.17) is 5.26 Å². The fraction of sp³-hybridized carbons (Fsp3) is 0.417. The van der Waals surface area contributed by atoms with Crippen molar-refractivity contribution in [3.05, 3.63) is 24.3 Å². The van der Waals surface area contributed by atoms with Crippen molar-refractivity contribution in [3.8, 4) is 6.07 Å². The van der Waals surface area contributed by atoms with E-state index in [2.05, 4.69) is 36.1 Å². The molecule has 0 saturated heterocycles. The van der Waals surface area contributed by atoms with E-state index in [0.29, 0.717) is 11.8 Å². The number of fused-ring (bicyclic) bond motifs is 1. The number of nitrogens with zero attached hydrogens (tertiary/aromatic N) is 2. The molecule has 0 bridgehead atoms. The van der Waals surface area contributed by atoms with E-state index in [1.54, 1.807) is 0 Å². The minimum absolute atomic E-state index is 0.490. The highest BCUT2D eigenvalue weighted by Gasteiger charge is 2.18. The van der Waals surface area contributed by atoms with Gasteiger partial charge in [0.2, 0.25) is 0 Å². The predicted octanol–water partition coefficient (Wildman–Crippen LogP) is 2.90. The molecule has 1 aromatic carbocycles. The Morgan fingerprint density at radius 3 is 3.13 bits per heavy atom. The monoisotopic (exact) mass is 218 g/mol. The summed E-state index contributed by atoms with van der Waals surface area (Å²) in [6, 6.07) is 10.6. The Bertz CT molecular complexity index is 383. The summed E-state index contributed by atoms with van der Waals surface area (Å²) in [5.41, 5.74) is 1.22. The molecule has 0 N–H and O–H groups in total. The molecule has 1 aromatic rings. The van der Waals surface area contributed by atoms with Crippen molar-refractivity contribution in [1.29, 1.82) is 5.26 Å². The van der Waals surface area contributed by atoms with Crippen LogP contribution in [0.3, 0.4) is 0 Å². The molecule has 1 aliphatic rings. The van der Waals surface area contributed by atoms with Crippen LogP contribution >= 0.6 is 11.8 Å². The summed E-state index contributed by atoms with van der Waals surface area (Å²) in [6.45, 7) is 3.72. The highest BCUT2D eigenvalue weighted by molar-refractivity contribution is 8.00. The highest BCUT2D eigenvalue weighted by atomic mass is 32.2. The Balaban J connectivity index is 2.34. The van der Waals surface area contributed by atoms with Crippen molar-refractivity contribution in [3.63, 3.8) is 0 Å². The van der Waals surface area contributed by atoms with Crippen molar-refractivity contribution in [1.82, 2.24) is 0 Å². The van der Waals surface area contributed by atoms with Crippen molar-refractivity contribution >= 4 is 17.4 Å². The molecule has 0 fully saturated rings. The van der Waals surface area contributed by atoms with Crippen LogP contribution in [0.4, 0.5) is 5.69 Å². The average molecular weight is 218 g/mol. The lowest BCUT2D eigenvalue weighted by Gasteiger charge is -2.20. The summed E-state index contributed by atoms with van der Waals surface area (Å²) < 4.78 is 0. The zero-order valence-corrected chi connectivity index (χ0v) is 9.63. The minimum Gasteiger partial charge on any atom is -0.357 e. The molecule has 1 atom stereocenters. The van der Waals surface area contributed by atoms with Gasteiger partial charge >= 0.3 is 0 Å². The Hall–Kier alpha value is -1.14.